The maximum absolute atomic E-state index is 11.9. The molecule has 7 heteroatoms. The van der Waals surface area contributed by atoms with Gasteiger partial charge in [-0.3, -0.25) is 9.79 Å². The van der Waals surface area contributed by atoms with Gasteiger partial charge in [0, 0.05) is 35.9 Å². The van der Waals surface area contributed by atoms with Gasteiger partial charge < -0.3 is 27.1 Å². The second-order valence-corrected chi connectivity index (χ2v) is 5.49. The number of benzene rings is 1. The number of hydrogen-bond acceptors (Lipinski definition) is 3. The molecule has 2 rings (SSSR count). The first-order valence-electron chi connectivity index (χ1n) is 7.84. The SMILES string of the molecule is C/C(=C\CCN=C(N)N)NC(=O)CNCc1c[nH]c2ccccc12. The highest BCUT2D eigenvalue weighted by atomic mass is 16.1. The standard InChI is InChI=1S/C17H24N6O/c1-12(5-4-8-21-17(18)19)23-16(24)11-20-9-13-10-22-15-7-3-2-6-14(13)15/h2-3,5-7,10,20,22H,4,8-9,11H2,1H3,(H,23,24)(H4,18,19,21)/b12-5+. The Morgan fingerprint density at radius 3 is 2.92 bits per heavy atom. The third-order valence-electron chi connectivity index (χ3n) is 3.49. The van der Waals surface area contributed by atoms with Gasteiger partial charge >= 0.3 is 0 Å². The topological polar surface area (TPSA) is 121 Å². The molecule has 0 radical (unpaired) electrons. The Bertz CT molecular complexity index is 742. The molecule has 0 atom stereocenters. The molecule has 0 saturated heterocycles. The lowest BCUT2D eigenvalue weighted by Crippen LogP contribution is -2.32. The Labute approximate surface area is 141 Å². The second-order valence-electron chi connectivity index (χ2n) is 5.49. The summed E-state index contributed by atoms with van der Waals surface area (Å²) in [5.41, 5.74) is 13.5. The van der Waals surface area contributed by atoms with Gasteiger partial charge in [-0.2, -0.15) is 0 Å². The van der Waals surface area contributed by atoms with Crippen LogP contribution in [0.15, 0.2) is 47.2 Å². The Balaban J connectivity index is 1.73. The summed E-state index contributed by atoms with van der Waals surface area (Å²) in [6, 6.07) is 8.09. The van der Waals surface area contributed by atoms with E-state index in [9.17, 15) is 4.79 Å². The smallest absolute Gasteiger partial charge is 0.238 e. The molecular formula is C17H24N6O. The van der Waals surface area contributed by atoms with Crippen LogP contribution in [-0.2, 0) is 11.3 Å². The number of amides is 1. The molecule has 7 nitrogen and oxygen atoms in total. The fourth-order valence-corrected chi connectivity index (χ4v) is 2.38. The number of rotatable bonds is 8. The number of guanidine groups is 1. The van der Waals surface area contributed by atoms with Gasteiger partial charge in [0.05, 0.1) is 6.54 Å². The van der Waals surface area contributed by atoms with Gasteiger partial charge in [0.15, 0.2) is 5.96 Å². The lowest BCUT2D eigenvalue weighted by Gasteiger charge is -2.07. The number of H-pyrrole nitrogens is 1. The second kappa shape index (κ2) is 8.73. The van der Waals surface area contributed by atoms with E-state index in [4.69, 9.17) is 11.5 Å². The van der Waals surface area contributed by atoms with Crippen LogP contribution >= 0.6 is 0 Å². The molecule has 0 saturated carbocycles. The number of para-hydroxylation sites is 1. The minimum Gasteiger partial charge on any atom is -0.370 e. The van der Waals surface area contributed by atoms with E-state index in [0.29, 0.717) is 19.5 Å². The first-order valence-corrected chi connectivity index (χ1v) is 7.84. The van der Waals surface area contributed by atoms with Gasteiger partial charge in [0.1, 0.15) is 0 Å². The van der Waals surface area contributed by atoms with E-state index in [1.807, 2.05) is 37.4 Å². The molecule has 0 unspecified atom stereocenters. The van der Waals surface area contributed by atoms with Crippen molar-refractivity contribution in [2.24, 2.45) is 16.5 Å². The van der Waals surface area contributed by atoms with Crippen LogP contribution in [-0.4, -0.2) is 29.9 Å². The molecule has 1 heterocycles. The van der Waals surface area contributed by atoms with E-state index in [2.05, 4.69) is 26.7 Å². The number of carbonyl (C=O) groups is 1. The molecule has 0 aliphatic carbocycles. The van der Waals surface area contributed by atoms with Crippen LogP contribution in [0.25, 0.3) is 10.9 Å². The maximum atomic E-state index is 11.9. The van der Waals surface area contributed by atoms with Crippen LogP contribution in [0.5, 0.6) is 0 Å². The highest BCUT2D eigenvalue weighted by Gasteiger charge is 2.04. The van der Waals surface area contributed by atoms with Crippen molar-refractivity contribution in [2.75, 3.05) is 13.1 Å². The van der Waals surface area contributed by atoms with E-state index in [-0.39, 0.29) is 18.4 Å². The van der Waals surface area contributed by atoms with Crippen LogP contribution in [0.2, 0.25) is 0 Å². The molecule has 0 aliphatic rings. The number of allylic oxidation sites excluding steroid dienone is 1. The predicted molar refractivity (Wildman–Crippen MR) is 97.2 cm³/mol. The zero-order valence-corrected chi connectivity index (χ0v) is 13.8. The summed E-state index contributed by atoms with van der Waals surface area (Å²) in [6.45, 7) is 3.23. The summed E-state index contributed by atoms with van der Waals surface area (Å²) < 4.78 is 0. The number of nitrogens with one attached hydrogen (secondary N) is 3. The molecule has 2 aromatic rings. The van der Waals surface area contributed by atoms with Crippen LogP contribution in [0.3, 0.4) is 0 Å². The zero-order chi connectivity index (χ0) is 17.4. The number of aromatic nitrogens is 1. The van der Waals surface area contributed by atoms with Crippen molar-refractivity contribution in [2.45, 2.75) is 19.9 Å². The van der Waals surface area contributed by atoms with Crippen LogP contribution in [0, 0.1) is 0 Å². The molecule has 0 aliphatic heterocycles. The molecule has 1 aromatic carbocycles. The largest absolute Gasteiger partial charge is 0.370 e. The predicted octanol–water partition coefficient (Wildman–Crippen LogP) is 0.941. The molecular weight excluding hydrogens is 304 g/mol. The normalized spacial score (nSPS) is 11.5. The first-order chi connectivity index (χ1) is 11.6. The summed E-state index contributed by atoms with van der Waals surface area (Å²) in [5, 5.41) is 7.15. The zero-order valence-electron chi connectivity index (χ0n) is 13.8. The average Bonchev–Trinajstić information content (AvgIpc) is 2.95. The molecule has 0 fully saturated rings. The van der Waals surface area contributed by atoms with Gasteiger partial charge in [0.25, 0.3) is 0 Å². The van der Waals surface area contributed by atoms with Crippen molar-refractivity contribution >= 4 is 22.8 Å². The maximum Gasteiger partial charge on any atom is 0.238 e. The van der Waals surface area contributed by atoms with E-state index in [1.165, 1.54) is 5.39 Å². The lowest BCUT2D eigenvalue weighted by molar-refractivity contribution is -0.119. The number of nitrogens with two attached hydrogens (primary N) is 2. The number of carbonyl (C=O) groups excluding carboxylic acids is 1. The Morgan fingerprint density at radius 1 is 1.33 bits per heavy atom. The van der Waals surface area contributed by atoms with E-state index in [0.717, 1.165) is 16.8 Å². The number of aromatic amines is 1. The van der Waals surface area contributed by atoms with E-state index in [1.54, 1.807) is 0 Å². The van der Waals surface area contributed by atoms with Gasteiger partial charge in [-0.05, 0) is 25.0 Å². The highest BCUT2D eigenvalue weighted by molar-refractivity contribution is 5.83. The molecule has 0 bridgehead atoms. The van der Waals surface area contributed by atoms with Gasteiger partial charge in [-0.1, -0.05) is 24.3 Å². The van der Waals surface area contributed by atoms with Crippen molar-refractivity contribution < 1.29 is 4.79 Å². The monoisotopic (exact) mass is 328 g/mol. The summed E-state index contributed by atoms with van der Waals surface area (Å²) in [5.74, 6) is -0.00278. The third kappa shape index (κ3) is 5.44. The minimum atomic E-state index is -0.0783. The number of fused-ring (bicyclic) bond motifs is 1. The van der Waals surface area contributed by atoms with Gasteiger partial charge in [0.2, 0.25) is 5.91 Å². The quantitative estimate of drug-likeness (QED) is 0.281. The lowest BCUT2D eigenvalue weighted by atomic mass is 10.2. The van der Waals surface area contributed by atoms with E-state index < -0.39 is 0 Å². The Morgan fingerprint density at radius 2 is 2.12 bits per heavy atom. The molecule has 1 amide bonds. The molecule has 1 aromatic heterocycles. The molecule has 7 N–H and O–H groups in total. The Kier molecular flexibility index (Phi) is 6.39. The summed E-state index contributed by atoms with van der Waals surface area (Å²) in [6.07, 6.45) is 4.53. The summed E-state index contributed by atoms with van der Waals surface area (Å²) in [7, 11) is 0. The molecule has 128 valence electrons. The number of hydrogen-bond donors (Lipinski definition) is 5. The first kappa shape index (κ1) is 17.6. The number of nitrogens with zero attached hydrogens (tertiary/aromatic N) is 1. The highest BCUT2D eigenvalue weighted by Crippen LogP contribution is 2.16. The van der Waals surface area contributed by atoms with Crippen molar-refractivity contribution in [3.05, 3.63) is 47.8 Å². The summed E-state index contributed by atoms with van der Waals surface area (Å²) >= 11 is 0. The van der Waals surface area contributed by atoms with Gasteiger partial charge in [-0.25, -0.2) is 0 Å². The van der Waals surface area contributed by atoms with Crippen molar-refractivity contribution in [1.82, 2.24) is 15.6 Å². The molecule has 0 spiro atoms. The van der Waals surface area contributed by atoms with E-state index >= 15 is 0 Å². The Hall–Kier alpha value is -2.80. The van der Waals surface area contributed by atoms with Crippen LogP contribution < -0.4 is 22.1 Å². The van der Waals surface area contributed by atoms with Crippen LogP contribution in [0.4, 0.5) is 0 Å². The van der Waals surface area contributed by atoms with Crippen molar-refractivity contribution in [1.29, 1.82) is 0 Å². The summed E-state index contributed by atoms with van der Waals surface area (Å²) in [4.78, 5) is 19.0. The third-order valence-corrected chi connectivity index (χ3v) is 3.49. The van der Waals surface area contributed by atoms with Gasteiger partial charge in [-0.15, -0.1) is 0 Å². The van der Waals surface area contributed by atoms with Crippen molar-refractivity contribution in [3.63, 3.8) is 0 Å². The number of aliphatic imine (C=N–C) groups is 1. The van der Waals surface area contributed by atoms with Crippen molar-refractivity contribution in [3.8, 4) is 0 Å². The fraction of sp³-hybridized carbons (Fsp3) is 0.294. The minimum absolute atomic E-state index is 0.0755. The fourth-order valence-electron chi connectivity index (χ4n) is 2.38. The molecule has 24 heavy (non-hydrogen) atoms. The average molecular weight is 328 g/mol. The van der Waals surface area contributed by atoms with Crippen LogP contribution in [0.1, 0.15) is 18.9 Å².